The Labute approximate surface area is 286 Å². The minimum Gasteiger partial charge on any atom is -0.283 e. The van der Waals surface area contributed by atoms with Crippen LogP contribution in [0.2, 0.25) is 0 Å². The first-order chi connectivity index (χ1) is 24.3. The Balaban J connectivity index is 1.10. The highest BCUT2D eigenvalue weighted by Crippen LogP contribution is 2.42. The number of fused-ring (bicyclic) bond motifs is 10. The van der Waals surface area contributed by atoms with Crippen molar-refractivity contribution in [1.29, 1.82) is 0 Å². The zero-order valence-corrected chi connectivity index (χ0v) is 27.2. The Bertz CT molecular complexity index is 2820. The molecule has 3 aromatic heterocycles. The van der Waals surface area contributed by atoms with E-state index in [1.54, 1.807) is 0 Å². The molecule has 0 N–H and O–H groups in total. The number of nitrogens with zero attached hydrogens (tertiary/aromatic N) is 4. The largest absolute Gasteiger partial charge is 0.283 e. The molecular weight excluding hydrogens is 617 g/mol. The fourth-order valence-corrected chi connectivity index (χ4v) is 8.30. The molecule has 0 spiro atoms. The maximum Gasteiger partial charge on any atom is 0.160 e. The Morgan fingerprint density at radius 2 is 1.20 bits per heavy atom. The zero-order valence-electron chi connectivity index (χ0n) is 26.4. The van der Waals surface area contributed by atoms with Crippen LogP contribution in [0.4, 0.5) is 0 Å². The Morgan fingerprint density at radius 3 is 2.02 bits per heavy atom. The van der Waals surface area contributed by atoms with Gasteiger partial charge in [0.25, 0.3) is 0 Å². The molecule has 1 aliphatic heterocycles. The van der Waals surface area contributed by atoms with Crippen molar-refractivity contribution in [3.05, 3.63) is 174 Å². The number of aromatic nitrogens is 2. The van der Waals surface area contributed by atoms with Crippen LogP contribution in [0.3, 0.4) is 0 Å². The van der Waals surface area contributed by atoms with Crippen LogP contribution in [-0.4, -0.2) is 20.9 Å². The highest BCUT2D eigenvalue weighted by molar-refractivity contribution is 7.25. The SMILES string of the molecule is C1=C(c2ccccc2)N=C(c2ccc(-c3ccc4sc5c(c4c3)c3ccccc3c3nc4ccccc4n35)cc2)N=C(c2ccccc2)C1. The number of hydrogen-bond acceptors (Lipinski definition) is 4. The van der Waals surface area contributed by atoms with Crippen molar-refractivity contribution in [3.8, 4) is 11.1 Å². The summed E-state index contributed by atoms with van der Waals surface area (Å²) in [5.74, 6) is 0.723. The molecule has 49 heavy (non-hydrogen) atoms. The van der Waals surface area contributed by atoms with E-state index in [1.807, 2.05) is 23.5 Å². The predicted molar refractivity (Wildman–Crippen MR) is 207 cm³/mol. The van der Waals surface area contributed by atoms with E-state index in [1.165, 1.54) is 36.6 Å². The van der Waals surface area contributed by atoms with Crippen LogP contribution in [0.5, 0.6) is 0 Å². The van der Waals surface area contributed by atoms with Gasteiger partial charge in [-0.1, -0.05) is 133 Å². The third-order valence-corrected chi connectivity index (χ3v) is 10.6. The molecule has 0 fully saturated rings. The van der Waals surface area contributed by atoms with Crippen LogP contribution in [0.1, 0.15) is 23.1 Å². The Hall–Kier alpha value is -6.17. The normalized spacial score (nSPS) is 13.6. The van der Waals surface area contributed by atoms with Crippen LogP contribution >= 0.6 is 11.3 Å². The van der Waals surface area contributed by atoms with E-state index in [9.17, 15) is 0 Å². The molecule has 5 heteroatoms. The molecule has 0 atom stereocenters. The first-order valence-corrected chi connectivity index (χ1v) is 17.3. The van der Waals surface area contributed by atoms with Crippen molar-refractivity contribution < 1.29 is 0 Å². The summed E-state index contributed by atoms with van der Waals surface area (Å²) in [6, 6.07) is 53.4. The lowest BCUT2D eigenvalue weighted by Gasteiger charge is -2.08. The number of pyridine rings is 1. The molecule has 6 aromatic carbocycles. The highest BCUT2D eigenvalue weighted by Gasteiger charge is 2.19. The molecule has 4 nitrogen and oxygen atoms in total. The van der Waals surface area contributed by atoms with Crippen molar-refractivity contribution in [2.45, 2.75) is 6.42 Å². The number of benzene rings is 6. The summed E-state index contributed by atoms with van der Waals surface area (Å²) in [6.45, 7) is 0. The number of para-hydroxylation sites is 2. The van der Waals surface area contributed by atoms with Crippen LogP contribution in [0, 0.1) is 0 Å². The van der Waals surface area contributed by atoms with E-state index >= 15 is 0 Å². The Morgan fingerprint density at radius 1 is 0.531 bits per heavy atom. The second kappa shape index (κ2) is 11.2. The quantitative estimate of drug-likeness (QED) is 0.188. The van der Waals surface area contributed by atoms with E-state index in [0.717, 1.165) is 56.2 Å². The van der Waals surface area contributed by atoms with Gasteiger partial charge < -0.3 is 0 Å². The summed E-state index contributed by atoms with van der Waals surface area (Å²) in [5, 5.41) is 4.95. The zero-order chi connectivity index (χ0) is 32.3. The monoisotopic (exact) mass is 644 g/mol. The minimum atomic E-state index is 0.712. The van der Waals surface area contributed by atoms with Crippen LogP contribution < -0.4 is 0 Å². The summed E-state index contributed by atoms with van der Waals surface area (Å²) < 4.78 is 3.61. The van der Waals surface area contributed by atoms with Gasteiger partial charge in [0.1, 0.15) is 10.5 Å². The second-order valence-corrected chi connectivity index (χ2v) is 13.4. The Kier molecular flexibility index (Phi) is 6.39. The molecular formula is C44H28N4S. The van der Waals surface area contributed by atoms with Crippen molar-refractivity contribution in [2.24, 2.45) is 9.98 Å². The minimum absolute atomic E-state index is 0.712. The summed E-state index contributed by atoms with van der Waals surface area (Å²) >= 11 is 1.84. The number of thiophene rings is 1. The molecule has 0 unspecified atom stereocenters. The topological polar surface area (TPSA) is 42.0 Å². The standard InChI is InChI=1S/C44H28N4S/c1-3-11-29(12-4-1)36-24-25-37(30-13-5-2-6-14-30)46-42(45-36)31-21-19-28(20-22-31)32-23-26-40-35(27-32)41-33-15-7-8-16-34(33)43-47-38-17-9-10-18-39(38)48(43)44(41)49-40/h1-24,26-27H,25H2. The van der Waals surface area contributed by atoms with Gasteiger partial charge in [0, 0.05) is 32.8 Å². The number of rotatable bonds is 4. The van der Waals surface area contributed by atoms with Gasteiger partial charge in [0.2, 0.25) is 0 Å². The van der Waals surface area contributed by atoms with Crippen LogP contribution in [-0.2, 0) is 0 Å². The number of aliphatic imine (C=N–C) groups is 2. The van der Waals surface area contributed by atoms with Gasteiger partial charge >= 0.3 is 0 Å². The highest BCUT2D eigenvalue weighted by atomic mass is 32.1. The van der Waals surface area contributed by atoms with Crippen molar-refractivity contribution in [1.82, 2.24) is 9.38 Å². The third-order valence-electron chi connectivity index (χ3n) is 9.48. The first kappa shape index (κ1) is 27.9. The molecule has 9 aromatic rings. The van der Waals surface area contributed by atoms with Gasteiger partial charge in [-0.25, -0.2) is 15.0 Å². The molecule has 4 heterocycles. The molecule has 0 bridgehead atoms. The van der Waals surface area contributed by atoms with Crippen molar-refractivity contribution >= 4 is 76.3 Å². The second-order valence-electron chi connectivity index (χ2n) is 12.4. The molecule has 0 amide bonds. The lowest BCUT2D eigenvalue weighted by molar-refractivity contribution is 1.34. The van der Waals surface area contributed by atoms with E-state index in [2.05, 4.69) is 150 Å². The number of imidazole rings is 1. The van der Waals surface area contributed by atoms with Crippen molar-refractivity contribution in [3.63, 3.8) is 0 Å². The van der Waals surface area contributed by atoms with E-state index in [-0.39, 0.29) is 0 Å². The van der Waals surface area contributed by atoms with E-state index < -0.39 is 0 Å². The van der Waals surface area contributed by atoms with Crippen LogP contribution in [0.15, 0.2) is 168 Å². The predicted octanol–water partition coefficient (Wildman–Crippen LogP) is 11.4. The van der Waals surface area contributed by atoms with Gasteiger partial charge in [0.15, 0.2) is 5.84 Å². The molecule has 10 rings (SSSR count). The lowest BCUT2D eigenvalue weighted by Crippen LogP contribution is -2.04. The number of allylic oxidation sites excluding steroid dienone is 1. The molecule has 0 aliphatic carbocycles. The molecule has 1 aliphatic rings. The lowest BCUT2D eigenvalue weighted by atomic mass is 10.00. The van der Waals surface area contributed by atoms with E-state index in [0.29, 0.717) is 6.42 Å². The summed E-state index contributed by atoms with van der Waals surface area (Å²) in [5.41, 5.74) is 10.6. The number of amidine groups is 1. The van der Waals surface area contributed by atoms with E-state index in [4.69, 9.17) is 15.0 Å². The van der Waals surface area contributed by atoms with Gasteiger partial charge in [-0.2, -0.15) is 0 Å². The fourth-order valence-electron chi connectivity index (χ4n) is 7.09. The van der Waals surface area contributed by atoms with Gasteiger partial charge in [-0.15, -0.1) is 11.3 Å². The van der Waals surface area contributed by atoms with Crippen LogP contribution in [0.25, 0.3) is 64.6 Å². The van der Waals surface area contributed by atoms with Gasteiger partial charge in [-0.3, -0.25) is 4.40 Å². The smallest absolute Gasteiger partial charge is 0.160 e. The van der Waals surface area contributed by atoms with Crippen molar-refractivity contribution in [2.75, 3.05) is 0 Å². The molecule has 0 saturated heterocycles. The third kappa shape index (κ3) is 4.62. The van der Waals surface area contributed by atoms with Gasteiger partial charge in [0.05, 0.1) is 22.4 Å². The summed E-state index contributed by atoms with van der Waals surface area (Å²) in [6.07, 6.45) is 2.90. The average Bonchev–Trinajstić information content (AvgIpc) is 3.66. The molecule has 230 valence electrons. The van der Waals surface area contributed by atoms with Gasteiger partial charge in [-0.05, 0) is 51.9 Å². The maximum absolute atomic E-state index is 5.14. The maximum atomic E-state index is 5.14. The fraction of sp³-hybridized carbons (Fsp3) is 0.0227. The molecule has 0 saturated carbocycles. The summed E-state index contributed by atoms with van der Waals surface area (Å²) in [4.78, 5) is 16.6. The average molecular weight is 645 g/mol. The summed E-state index contributed by atoms with van der Waals surface area (Å²) in [7, 11) is 0. The first-order valence-electron chi connectivity index (χ1n) is 16.5. The molecule has 0 radical (unpaired) electrons. The number of hydrogen-bond donors (Lipinski definition) is 0.